The number of rotatable bonds is 5. The molecule has 0 aliphatic carbocycles. The number of carbonyl (C=O) groups excluding carboxylic acids is 2. The van der Waals surface area contributed by atoms with Crippen molar-refractivity contribution in [2.45, 2.75) is 51.2 Å². The Balaban J connectivity index is 2.18. The van der Waals surface area contributed by atoms with Crippen LogP contribution in [0.1, 0.15) is 48.6 Å². The molecule has 0 saturated carbocycles. The van der Waals surface area contributed by atoms with E-state index >= 15 is 0 Å². The van der Waals surface area contributed by atoms with Crippen LogP contribution in [0.2, 0.25) is 0 Å². The maximum absolute atomic E-state index is 14.8. The van der Waals surface area contributed by atoms with Gasteiger partial charge in [0.25, 0.3) is 0 Å². The summed E-state index contributed by atoms with van der Waals surface area (Å²) in [5.41, 5.74) is -3.46. The van der Waals surface area contributed by atoms with Crippen LogP contribution in [0.3, 0.4) is 0 Å². The number of methoxy groups -OCH3 is 2. The highest BCUT2D eigenvalue weighted by Crippen LogP contribution is 2.45. The molecule has 0 spiro atoms. The van der Waals surface area contributed by atoms with Crippen LogP contribution >= 0.6 is 0 Å². The standard InChI is InChI=1S/C25H25F7N2O5/c1-5-39-23(36)34-13(2)6-19(17-10-18(26)21(37-3)11-20(17)34)33(22(35)38-4)12-14-7-15(24(27,28)29)9-16(8-14)25(30,31)32/h7-11,13,19H,5-6,12H2,1-4H3/t13-,19+/m1/s1. The predicted octanol–water partition coefficient (Wildman–Crippen LogP) is 6.94. The molecule has 2 aromatic rings. The maximum Gasteiger partial charge on any atom is 0.416 e. The summed E-state index contributed by atoms with van der Waals surface area (Å²) in [6, 6.07) is 1.35. The van der Waals surface area contributed by atoms with Gasteiger partial charge >= 0.3 is 24.5 Å². The van der Waals surface area contributed by atoms with Gasteiger partial charge in [-0.3, -0.25) is 9.80 Å². The van der Waals surface area contributed by atoms with Crippen LogP contribution in [-0.2, 0) is 28.4 Å². The number of amides is 2. The Morgan fingerprint density at radius 2 is 1.59 bits per heavy atom. The zero-order valence-corrected chi connectivity index (χ0v) is 21.2. The first-order chi connectivity index (χ1) is 18.1. The Bertz CT molecular complexity index is 1200. The van der Waals surface area contributed by atoms with Crippen LogP contribution in [0, 0.1) is 5.82 Å². The van der Waals surface area contributed by atoms with Gasteiger partial charge in [-0.15, -0.1) is 0 Å². The molecular formula is C25H25F7N2O5. The molecule has 0 N–H and O–H groups in total. The highest BCUT2D eigenvalue weighted by Gasteiger charge is 2.41. The summed E-state index contributed by atoms with van der Waals surface area (Å²) in [5.74, 6) is -1.11. The first-order valence-electron chi connectivity index (χ1n) is 11.6. The number of nitrogens with zero attached hydrogens (tertiary/aromatic N) is 2. The lowest BCUT2D eigenvalue weighted by atomic mass is 9.90. The van der Waals surface area contributed by atoms with E-state index in [1.807, 2.05) is 0 Å². The lowest BCUT2D eigenvalue weighted by Gasteiger charge is -2.42. The van der Waals surface area contributed by atoms with E-state index in [1.165, 1.54) is 18.1 Å². The molecule has 0 radical (unpaired) electrons. The molecule has 1 aliphatic heterocycles. The minimum Gasteiger partial charge on any atom is -0.494 e. The van der Waals surface area contributed by atoms with E-state index < -0.39 is 65.7 Å². The summed E-state index contributed by atoms with van der Waals surface area (Å²) in [6.07, 6.45) is -12.1. The molecule has 214 valence electrons. The van der Waals surface area contributed by atoms with E-state index in [2.05, 4.69) is 0 Å². The van der Waals surface area contributed by atoms with E-state index in [0.717, 1.165) is 18.1 Å². The van der Waals surface area contributed by atoms with Gasteiger partial charge in [0.1, 0.15) is 0 Å². The normalized spacial score (nSPS) is 17.4. The second kappa shape index (κ2) is 11.2. The van der Waals surface area contributed by atoms with E-state index in [1.54, 1.807) is 13.8 Å². The van der Waals surface area contributed by atoms with E-state index in [-0.39, 0.29) is 36.1 Å². The molecule has 14 heteroatoms. The third-order valence-corrected chi connectivity index (χ3v) is 6.18. The van der Waals surface area contributed by atoms with Crippen molar-refractivity contribution in [3.63, 3.8) is 0 Å². The van der Waals surface area contributed by atoms with Crippen molar-refractivity contribution in [3.8, 4) is 5.75 Å². The van der Waals surface area contributed by atoms with Gasteiger partial charge in [0, 0.05) is 24.2 Å². The van der Waals surface area contributed by atoms with Gasteiger partial charge in [0.2, 0.25) is 0 Å². The smallest absolute Gasteiger partial charge is 0.416 e. The molecule has 39 heavy (non-hydrogen) atoms. The van der Waals surface area contributed by atoms with E-state index in [9.17, 15) is 40.3 Å². The van der Waals surface area contributed by atoms with Gasteiger partial charge in [-0.05, 0) is 50.1 Å². The zero-order chi connectivity index (χ0) is 29.3. The van der Waals surface area contributed by atoms with Gasteiger partial charge < -0.3 is 14.2 Å². The monoisotopic (exact) mass is 566 g/mol. The van der Waals surface area contributed by atoms with Crippen LogP contribution in [0.5, 0.6) is 5.75 Å². The lowest BCUT2D eigenvalue weighted by Crippen LogP contribution is -2.47. The fourth-order valence-corrected chi connectivity index (χ4v) is 4.48. The fourth-order valence-electron chi connectivity index (χ4n) is 4.48. The molecule has 0 aromatic heterocycles. The zero-order valence-electron chi connectivity index (χ0n) is 21.2. The number of benzene rings is 2. The van der Waals surface area contributed by atoms with Gasteiger partial charge in [0.05, 0.1) is 43.7 Å². The number of carbonyl (C=O) groups is 2. The second-order valence-electron chi connectivity index (χ2n) is 8.73. The summed E-state index contributed by atoms with van der Waals surface area (Å²) in [6.45, 7) is 2.43. The van der Waals surface area contributed by atoms with E-state index in [4.69, 9.17) is 14.2 Å². The molecule has 0 bridgehead atoms. The van der Waals surface area contributed by atoms with Crippen molar-refractivity contribution < 1.29 is 54.5 Å². The van der Waals surface area contributed by atoms with Crippen LogP contribution in [0.25, 0.3) is 0 Å². The molecule has 3 rings (SSSR count). The largest absolute Gasteiger partial charge is 0.494 e. The Morgan fingerprint density at radius 3 is 2.08 bits per heavy atom. The average molecular weight is 566 g/mol. The molecule has 0 unspecified atom stereocenters. The average Bonchev–Trinajstić information content (AvgIpc) is 2.85. The molecule has 1 heterocycles. The number of fused-ring (bicyclic) bond motifs is 1. The quantitative estimate of drug-likeness (QED) is 0.367. The third-order valence-electron chi connectivity index (χ3n) is 6.18. The number of alkyl halides is 6. The second-order valence-corrected chi connectivity index (χ2v) is 8.73. The number of ether oxygens (including phenoxy) is 3. The topological polar surface area (TPSA) is 68.3 Å². The van der Waals surface area contributed by atoms with Crippen LogP contribution < -0.4 is 9.64 Å². The SMILES string of the molecule is CCOC(=O)N1c2cc(OC)c(F)cc2[C@@H](N(Cc2cc(C(F)(F)F)cc(C(F)(F)F)c2)C(=O)OC)C[C@H]1C. The molecule has 2 amide bonds. The molecule has 0 saturated heterocycles. The minimum absolute atomic E-state index is 0.0184. The summed E-state index contributed by atoms with van der Waals surface area (Å²) in [4.78, 5) is 27.7. The summed E-state index contributed by atoms with van der Waals surface area (Å²) in [7, 11) is 2.17. The minimum atomic E-state index is -5.10. The van der Waals surface area contributed by atoms with Crippen molar-refractivity contribution in [3.05, 3.63) is 58.4 Å². The van der Waals surface area contributed by atoms with Gasteiger partial charge in [-0.2, -0.15) is 26.3 Å². The predicted molar refractivity (Wildman–Crippen MR) is 124 cm³/mol. The van der Waals surface area contributed by atoms with Crippen LogP contribution in [-0.4, -0.2) is 44.0 Å². The van der Waals surface area contributed by atoms with Crippen LogP contribution in [0.4, 0.5) is 46.0 Å². The Kier molecular flexibility index (Phi) is 8.56. The lowest BCUT2D eigenvalue weighted by molar-refractivity contribution is -0.143. The van der Waals surface area contributed by atoms with Crippen LogP contribution in [0.15, 0.2) is 30.3 Å². The fraction of sp³-hybridized carbons (Fsp3) is 0.440. The number of hydrogen-bond acceptors (Lipinski definition) is 5. The molecule has 0 fully saturated rings. The molecule has 2 atom stereocenters. The summed E-state index contributed by atoms with van der Waals surface area (Å²) >= 11 is 0. The Morgan fingerprint density at radius 1 is 1.00 bits per heavy atom. The first kappa shape index (κ1) is 29.8. The summed E-state index contributed by atoms with van der Waals surface area (Å²) < 4.78 is 110. The van der Waals surface area contributed by atoms with Crippen molar-refractivity contribution in [2.24, 2.45) is 0 Å². The van der Waals surface area contributed by atoms with Gasteiger partial charge in [-0.25, -0.2) is 14.0 Å². The molecule has 7 nitrogen and oxygen atoms in total. The highest BCUT2D eigenvalue weighted by molar-refractivity contribution is 5.91. The van der Waals surface area contributed by atoms with Crippen molar-refractivity contribution in [1.82, 2.24) is 4.90 Å². The number of anilines is 1. The highest BCUT2D eigenvalue weighted by atomic mass is 19.4. The molecule has 2 aromatic carbocycles. The van der Waals surface area contributed by atoms with Crippen molar-refractivity contribution in [2.75, 3.05) is 25.7 Å². The van der Waals surface area contributed by atoms with Gasteiger partial charge in [-0.1, -0.05) is 0 Å². The van der Waals surface area contributed by atoms with Gasteiger partial charge in [0.15, 0.2) is 11.6 Å². The molecule has 1 aliphatic rings. The van der Waals surface area contributed by atoms with Crippen molar-refractivity contribution in [1.29, 1.82) is 0 Å². The summed E-state index contributed by atoms with van der Waals surface area (Å²) in [5, 5.41) is 0. The van der Waals surface area contributed by atoms with E-state index in [0.29, 0.717) is 12.1 Å². The Labute approximate surface area is 219 Å². The number of hydrogen-bond donors (Lipinski definition) is 0. The molecular weight excluding hydrogens is 541 g/mol. The first-order valence-corrected chi connectivity index (χ1v) is 11.6. The number of halogens is 7. The third kappa shape index (κ3) is 6.31. The maximum atomic E-state index is 14.8. The Hall–Kier alpha value is -3.71. The van der Waals surface area contributed by atoms with Crippen molar-refractivity contribution >= 4 is 17.9 Å².